The smallest absolute Gasteiger partial charge is 0.231 e. The van der Waals surface area contributed by atoms with Gasteiger partial charge in [0.2, 0.25) is 6.79 Å². The molecule has 5 rings (SSSR count). The molecule has 2 aliphatic rings. The van der Waals surface area contributed by atoms with Crippen molar-refractivity contribution in [1.29, 1.82) is 0 Å². The van der Waals surface area contributed by atoms with Crippen LogP contribution in [0, 0.1) is 6.92 Å². The van der Waals surface area contributed by atoms with Crippen LogP contribution in [0.15, 0.2) is 54.6 Å². The van der Waals surface area contributed by atoms with E-state index in [2.05, 4.69) is 18.2 Å². The molecule has 1 saturated carbocycles. The number of nitrogens with zero attached hydrogens (tertiary/aromatic N) is 1. The zero-order valence-electron chi connectivity index (χ0n) is 17.0. The number of hydrogen-bond acceptors (Lipinski definition) is 5. The molecule has 0 bridgehead atoms. The third kappa shape index (κ3) is 3.25. The quantitative estimate of drug-likeness (QED) is 0.675. The van der Waals surface area contributed by atoms with Crippen molar-refractivity contribution in [3.05, 3.63) is 77.1 Å². The molecular weight excluding hydrogens is 376 g/mol. The van der Waals surface area contributed by atoms with E-state index in [0.29, 0.717) is 13.0 Å². The van der Waals surface area contributed by atoms with Crippen molar-refractivity contribution in [3.8, 4) is 22.6 Å². The minimum atomic E-state index is -0.412. The fourth-order valence-corrected chi connectivity index (χ4v) is 4.26. The molecule has 0 unspecified atom stereocenters. The predicted octanol–water partition coefficient (Wildman–Crippen LogP) is 4.09. The van der Waals surface area contributed by atoms with Gasteiger partial charge < -0.3 is 15.2 Å². The molecule has 5 nitrogen and oxygen atoms in total. The molecule has 2 N–H and O–H groups in total. The van der Waals surface area contributed by atoms with Gasteiger partial charge in [-0.15, -0.1) is 0 Å². The summed E-state index contributed by atoms with van der Waals surface area (Å²) in [4.78, 5) is 18.0. The Hall–Kier alpha value is -3.18. The second-order valence-electron chi connectivity index (χ2n) is 8.09. The third-order valence-corrected chi connectivity index (χ3v) is 6.17. The van der Waals surface area contributed by atoms with Gasteiger partial charge in [0.1, 0.15) is 5.78 Å². The molecule has 2 heterocycles. The summed E-state index contributed by atoms with van der Waals surface area (Å²) in [6.07, 6.45) is 2.07. The van der Waals surface area contributed by atoms with E-state index in [-0.39, 0.29) is 12.6 Å². The Bertz CT molecular complexity index is 1130. The lowest BCUT2D eigenvalue weighted by molar-refractivity contribution is -0.120. The molecule has 0 amide bonds. The van der Waals surface area contributed by atoms with E-state index in [1.54, 1.807) is 0 Å². The van der Waals surface area contributed by atoms with E-state index in [0.717, 1.165) is 58.0 Å². The van der Waals surface area contributed by atoms with Crippen LogP contribution in [0.1, 0.15) is 35.4 Å². The molecule has 152 valence electrons. The fourth-order valence-electron chi connectivity index (χ4n) is 4.26. The van der Waals surface area contributed by atoms with Gasteiger partial charge >= 0.3 is 0 Å². The van der Waals surface area contributed by atoms with E-state index in [1.165, 1.54) is 0 Å². The average molecular weight is 400 g/mol. The number of ketones is 1. The van der Waals surface area contributed by atoms with Crippen LogP contribution in [0.25, 0.3) is 11.1 Å². The maximum absolute atomic E-state index is 13.2. The average Bonchev–Trinajstić information content (AvgIpc) is 3.45. The molecule has 0 radical (unpaired) electrons. The highest BCUT2D eigenvalue weighted by Gasteiger charge is 2.50. The first-order chi connectivity index (χ1) is 14.6. The Morgan fingerprint density at radius 2 is 1.90 bits per heavy atom. The summed E-state index contributed by atoms with van der Waals surface area (Å²) in [6, 6.07) is 18.1. The van der Waals surface area contributed by atoms with Gasteiger partial charge in [0, 0.05) is 29.9 Å². The number of rotatable bonds is 6. The molecule has 0 saturated heterocycles. The van der Waals surface area contributed by atoms with E-state index >= 15 is 0 Å². The maximum atomic E-state index is 13.2. The number of aromatic nitrogens is 1. The van der Waals surface area contributed by atoms with Gasteiger partial charge in [-0.2, -0.15) is 0 Å². The number of ether oxygens (including phenoxy) is 2. The predicted molar refractivity (Wildman–Crippen MR) is 114 cm³/mol. The lowest BCUT2D eigenvalue weighted by atomic mass is 9.88. The Morgan fingerprint density at radius 1 is 1.07 bits per heavy atom. The van der Waals surface area contributed by atoms with Crippen LogP contribution in [-0.4, -0.2) is 17.6 Å². The number of carbonyl (C=O) groups is 1. The topological polar surface area (TPSA) is 74.4 Å². The van der Waals surface area contributed by atoms with Gasteiger partial charge in [-0.3, -0.25) is 9.78 Å². The van der Waals surface area contributed by atoms with Crippen molar-refractivity contribution in [1.82, 2.24) is 4.98 Å². The summed E-state index contributed by atoms with van der Waals surface area (Å²) in [5.41, 5.74) is 11.4. The summed E-state index contributed by atoms with van der Waals surface area (Å²) in [5, 5.41) is 0. The molecule has 1 aliphatic heterocycles. The lowest BCUT2D eigenvalue weighted by Gasteiger charge is -2.16. The van der Waals surface area contributed by atoms with Crippen molar-refractivity contribution >= 4 is 5.78 Å². The van der Waals surface area contributed by atoms with Crippen molar-refractivity contribution in [2.24, 2.45) is 5.73 Å². The van der Waals surface area contributed by atoms with E-state index in [1.807, 2.05) is 43.3 Å². The van der Waals surface area contributed by atoms with Gasteiger partial charge in [-0.1, -0.05) is 30.3 Å². The molecule has 1 fully saturated rings. The van der Waals surface area contributed by atoms with Gasteiger partial charge in [0.15, 0.2) is 11.5 Å². The number of nitrogens with two attached hydrogens (primary N) is 1. The number of benzene rings is 2. The van der Waals surface area contributed by atoms with E-state index in [4.69, 9.17) is 20.2 Å². The van der Waals surface area contributed by atoms with Gasteiger partial charge in [-0.05, 0) is 60.7 Å². The number of carbonyl (C=O) groups excluding carboxylic acids is 1. The van der Waals surface area contributed by atoms with Crippen molar-refractivity contribution in [2.45, 2.75) is 38.1 Å². The molecule has 3 aromatic rings. The second-order valence-corrected chi connectivity index (χ2v) is 8.09. The van der Waals surface area contributed by atoms with Crippen LogP contribution in [0.4, 0.5) is 0 Å². The first kappa shape index (κ1) is 18.8. The van der Waals surface area contributed by atoms with Gasteiger partial charge in [0.25, 0.3) is 0 Å². The summed E-state index contributed by atoms with van der Waals surface area (Å²) >= 11 is 0. The SMILES string of the molecule is Cc1nc(CC(=O)C2(c3ccc4c(c3)OCO4)CC2)ccc1-c1cccc(CN)c1. The summed E-state index contributed by atoms with van der Waals surface area (Å²) in [6.45, 7) is 2.74. The van der Waals surface area contributed by atoms with Crippen molar-refractivity contribution in [3.63, 3.8) is 0 Å². The summed E-state index contributed by atoms with van der Waals surface area (Å²) < 4.78 is 10.9. The first-order valence-corrected chi connectivity index (χ1v) is 10.3. The number of pyridine rings is 1. The Balaban J connectivity index is 1.37. The number of Topliss-reactive ketones (excluding diaryl/α,β-unsaturated/α-hetero) is 1. The highest BCUT2D eigenvalue weighted by atomic mass is 16.7. The fraction of sp³-hybridized carbons (Fsp3) is 0.280. The maximum Gasteiger partial charge on any atom is 0.231 e. The second kappa shape index (κ2) is 7.26. The summed E-state index contributed by atoms with van der Waals surface area (Å²) in [7, 11) is 0. The van der Waals surface area contributed by atoms with Gasteiger partial charge in [0.05, 0.1) is 5.41 Å². The standard InChI is InChI=1S/C25H24N2O3/c1-16-21(18-4-2-3-17(11-18)14-26)7-6-20(27-16)13-24(28)25(9-10-25)19-5-8-22-23(12-19)30-15-29-22/h2-8,11-12H,9-10,13-15,26H2,1H3. The monoisotopic (exact) mass is 400 g/mol. The molecule has 30 heavy (non-hydrogen) atoms. The van der Waals surface area contributed by atoms with Crippen molar-refractivity contribution in [2.75, 3.05) is 6.79 Å². The molecule has 1 aliphatic carbocycles. The normalized spacial score (nSPS) is 15.8. The van der Waals surface area contributed by atoms with Crippen LogP contribution in [0.2, 0.25) is 0 Å². The van der Waals surface area contributed by atoms with Crippen LogP contribution in [0.5, 0.6) is 11.5 Å². The Morgan fingerprint density at radius 3 is 2.67 bits per heavy atom. The van der Waals surface area contributed by atoms with Crippen LogP contribution >= 0.6 is 0 Å². The number of hydrogen-bond donors (Lipinski definition) is 1. The Kier molecular flexibility index (Phi) is 4.55. The molecule has 0 atom stereocenters. The highest BCUT2D eigenvalue weighted by molar-refractivity contribution is 5.94. The van der Waals surface area contributed by atoms with E-state index in [9.17, 15) is 4.79 Å². The highest BCUT2D eigenvalue weighted by Crippen LogP contribution is 2.51. The molecule has 1 aromatic heterocycles. The third-order valence-electron chi connectivity index (χ3n) is 6.17. The van der Waals surface area contributed by atoms with E-state index < -0.39 is 5.41 Å². The number of aryl methyl sites for hydroxylation is 1. The zero-order valence-corrected chi connectivity index (χ0v) is 17.0. The van der Waals surface area contributed by atoms with Crippen LogP contribution in [-0.2, 0) is 23.2 Å². The molecule has 0 spiro atoms. The lowest BCUT2D eigenvalue weighted by Crippen LogP contribution is -2.23. The van der Waals surface area contributed by atoms with Crippen molar-refractivity contribution < 1.29 is 14.3 Å². The molecule has 2 aromatic carbocycles. The molecular formula is C25H24N2O3. The van der Waals surface area contributed by atoms with Crippen LogP contribution < -0.4 is 15.2 Å². The van der Waals surface area contributed by atoms with Gasteiger partial charge in [-0.25, -0.2) is 0 Å². The largest absolute Gasteiger partial charge is 0.454 e. The minimum Gasteiger partial charge on any atom is -0.454 e. The number of fused-ring (bicyclic) bond motifs is 1. The Labute approximate surface area is 175 Å². The molecule has 5 heteroatoms. The minimum absolute atomic E-state index is 0.214. The van der Waals surface area contributed by atoms with Crippen LogP contribution in [0.3, 0.4) is 0 Å². The first-order valence-electron chi connectivity index (χ1n) is 10.3. The summed E-state index contributed by atoms with van der Waals surface area (Å²) in [5.74, 6) is 1.68. The zero-order chi connectivity index (χ0) is 20.7.